The van der Waals surface area contributed by atoms with Gasteiger partial charge in [-0.3, -0.25) is 4.79 Å². The minimum absolute atomic E-state index is 0.0388. The second-order valence-electron chi connectivity index (χ2n) is 5.42. The van der Waals surface area contributed by atoms with Crippen LogP contribution in [0.25, 0.3) is 0 Å². The number of carboxylic acid groups (broad SMARTS) is 1. The van der Waals surface area contributed by atoms with Crippen molar-refractivity contribution in [1.29, 1.82) is 0 Å². The average Bonchev–Trinajstić information content (AvgIpc) is 3.10. The standard InChI is InChI=1S/C14H17NO5/c1-7-10(14(17)18)5-9(19-7)6-15-13(16)11-4-8-2-3-12(11)20-8/h5,8,11-12H,2-4,6H2,1H3,(H,15,16)(H,17,18). The third-order valence-corrected chi connectivity index (χ3v) is 4.08. The highest BCUT2D eigenvalue weighted by atomic mass is 16.5. The smallest absolute Gasteiger partial charge is 0.339 e. The van der Waals surface area contributed by atoms with Crippen molar-refractivity contribution in [2.75, 3.05) is 0 Å². The van der Waals surface area contributed by atoms with Crippen LogP contribution in [0.15, 0.2) is 10.5 Å². The first-order valence-corrected chi connectivity index (χ1v) is 6.80. The molecule has 2 fully saturated rings. The van der Waals surface area contributed by atoms with E-state index in [0.717, 1.165) is 19.3 Å². The van der Waals surface area contributed by atoms with Crippen molar-refractivity contribution in [3.63, 3.8) is 0 Å². The lowest BCUT2D eigenvalue weighted by Gasteiger charge is -2.17. The van der Waals surface area contributed by atoms with Crippen LogP contribution in [-0.4, -0.2) is 29.2 Å². The van der Waals surface area contributed by atoms with Gasteiger partial charge in [0.15, 0.2) is 0 Å². The molecule has 0 radical (unpaired) electrons. The molecule has 1 aromatic rings. The van der Waals surface area contributed by atoms with E-state index in [1.807, 2.05) is 0 Å². The first kappa shape index (κ1) is 13.2. The summed E-state index contributed by atoms with van der Waals surface area (Å²) in [5.41, 5.74) is 0.137. The molecule has 3 rings (SSSR count). The summed E-state index contributed by atoms with van der Waals surface area (Å²) in [6, 6.07) is 1.45. The summed E-state index contributed by atoms with van der Waals surface area (Å²) in [6.07, 6.45) is 3.07. The Balaban J connectivity index is 1.58. The summed E-state index contributed by atoms with van der Waals surface area (Å²) >= 11 is 0. The van der Waals surface area contributed by atoms with Crippen LogP contribution in [0.2, 0.25) is 0 Å². The molecule has 0 saturated carbocycles. The molecule has 3 heterocycles. The molecule has 0 spiro atoms. The summed E-state index contributed by atoms with van der Waals surface area (Å²) in [6.45, 7) is 1.80. The van der Waals surface area contributed by atoms with Gasteiger partial charge < -0.3 is 19.6 Å². The molecule has 108 valence electrons. The molecule has 2 bridgehead atoms. The highest BCUT2D eigenvalue weighted by molar-refractivity contribution is 5.88. The van der Waals surface area contributed by atoms with Gasteiger partial charge in [0.05, 0.1) is 24.7 Å². The number of amides is 1. The van der Waals surface area contributed by atoms with Gasteiger partial charge in [0.2, 0.25) is 5.91 Å². The number of rotatable bonds is 4. The number of carbonyl (C=O) groups is 2. The third-order valence-electron chi connectivity index (χ3n) is 4.08. The van der Waals surface area contributed by atoms with Gasteiger partial charge in [0.1, 0.15) is 17.1 Å². The molecule has 2 aliphatic heterocycles. The number of aromatic carboxylic acids is 1. The van der Waals surface area contributed by atoms with Crippen LogP contribution in [0.1, 0.15) is 41.1 Å². The maximum absolute atomic E-state index is 12.1. The van der Waals surface area contributed by atoms with Gasteiger partial charge in [0, 0.05) is 0 Å². The minimum Gasteiger partial charge on any atom is -0.478 e. The predicted molar refractivity (Wildman–Crippen MR) is 68.3 cm³/mol. The van der Waals surface area contributed by atoms with Crippen molar-refractivity contribution < 1.29 is 23.8 Å². The summed E-state index contributed by atoms with van der Waals surface area (Å²) in [5, 5.41) is 11.7. The summed E-state index contributed by atoms with van der Waals surface area (Å²) in [5.74, 6) is -0.334. The molecule has 0 aliphatic carbocycles. The van der Waals surface area contributed by atoms with E-state index in [-0.39, 0.29) is 36.1 Å². The predicted octanol–water partition coefficient (Wildman–Crippen LogP) is 1.47. The lowest BCUT2D eigenvalue weighted by molar-refractivity contribution is -0.126. The Kier molecular flexibility index (Phi) is 3.25. The van der Waals surface area contributed by atoms with E-state index in [1.54, 1.807) is 6.92 Å². The second-order valence-corrected chi connectivity index (χ2v) is 5.42. The molecule has 2 N–H and O–H groups in total. The number of hydrogen-bond donors (Lipinski definition) is 2. The van der Waals surface area contributed by atoms with Crippen LogP contribution < -0.4 is 5.32 Å². The number of furan rings is 1. The lowest BCUT2D eigenvalue weighted by atomic mass is 9.88. The number of ether oxygens (including phenoxy) is 1. The molecule has 2 aliphatic rings. The Morgan fingerprint density at radius 1 is 1.45 bits per heavy atom. The maximum Gasteiger partial charge on any atom is 0.339 e. The summed E-state index contributed by atoms with van der Waals surface area (Å²) < 4.78 is 11.0. The third kappa shape index (κ3) is 2.31. The van der Waals surface area contributed by atoms with Gasteiger partial charge in [-0.2, -0.15) is 0 Å². The van der Waals surface area contributed by atoms with E-state index >= 15 is 0 Å². The lowest BCUT2D eigenvalue weighted by Crippen LogP contribution is -2.35. The minimum atomic E-state index is -1.02. The van der Waals surface area contributed by atoms with E-state index in [1.165, 1.54) is 6.07 Å². The monoisotopic (exact) mass is 279 g/mol. The van der Waals surface area contributed by atoms with E-state index in [0.29, 0.717) is 11.5 Å². The van der Waals surface area contributed by atoms with Crippen molar-refractivity contribution in [3.05, 3.63) is 23.2 Å². The van der Waals surface area contributed by atoms with Crippen molar-refractivity contribution >= 4 is 11.9 Å². The first-order valence-electron chi connectivity index (χ1n) is 6.80. The Labute approximate surface area is 116 Å². The fourth-order valence-corrected chi connectivity index (χ4v) is 3.06. The summed E-state index contributed by atoms with van der Waals surface area (Å²) in [7, 11) is 0. The zero-order valence-electron chi connectivity index (χ0n) is 11.2. The number of aryl methyl sites for hydroxylation is 1. The van der Waals surface area contributed by atoms with Gasteiger partial charge in [-0.15, -0.1) is 0 Å². The molecule has 3 unspecified atom stereocenters. The molecule has 1 aromatic heterocycles. The highest BCUT2D eigenvalue weighted by Gasteiger charge is 2.44. The van der Waals surface area contributed by atoms with Crippen molar-refractivity contribution in [3.8, 4) is 0 Å². The van der Waals surface area contributed by atoms with Crippen LogP contribution in [0.4, 0.5) is 0 Å². The molecule has 6 nitrogen and oxygen atoms in total. The zero-order chi connectivity index (χ0) is 14.3. The second kappa shape index (κ2) is 4.94. The quantitative estimate of drug-likeness (QED) is 0.871. The number of nitrogens with one attached hydrogen (secondary N) is 1. The van der Waals surface area contributed by atoms with Crippen LogP contribution >= 0.6 is 0 Å². The Morgan fingerprint density at radius 2 is 2.25 bits per heavy atom. The molecule has 2 saturated heterocycles. The van der Waals surface area contributed by atoms with E-state index < -0.39 is 5.97 Å². The first-order chi connectivity index (χ1) is 9.54. The van der Waals surface area contributed by atoms with Crippen LogP contribution in [0, 0.1) is 12.8 Å². The van der Waals surface area contributed by atoms with Gasteiger partial charge in [-0.1, -0.05) is 0 Å². The normalized spacial score (nSPS) is 27.8. The van der Waals surface area contributed by atoms with E-state index in [2.05, 4.69) is 5.32 Å². The van der Waals surface area contributed by atoms with Crippen molar-refractivity contribution in [2.24, 2.45) is 5.92 Å². The number of carboxylic acids is 1. The average molecular weight is 279 g/mol. The van der Waals surface area contributed by atoms with Crippen LogP contribution in [0.5, 0.6) is 0 Å². The fraction of sp³-hybridized carbons (Fsp3) is 0.571. The molecule has 1 amide bonds. The van der Waals surface area contributed by atoms with Gasteiger partial charge in [0.25, 0.3) is 0 Å². The SMILES string of the molecule is Cc1oc(CNC(=O)C2CC3CCC2O3)cc1C(=O)O. The number of carbonyl (C=O) groups excluding carboxylic acids is 1. The summed E-state index contributed by atoms with van der Waals surface area (Å²) in [4.78, 5) is 23.0. The molecule has 20 heavy (non-hydrogen) atoms. The van der Waals surface area contributed by atoms with Crippen LogP contribution in [0.3, 0.4) is 0 Å². The Hall–Kier alpha value is -1.82. The number of hydrogen-bond acceptors (Lipinski definition) is 4. The van der Waals surface area contributed by atoms with E-state index in [4.69, 9.17) is 14.3 Å². The largest absolute Gasteiger partial charge is 0.478 e. The highest BCUT2D eigenvalue weighted by Crippen LogP contribution is 2.38. The van der Waals surface area contributed by atoms with Crippen LogP contribution in [-0.2, 0) is 16.1 Å². The van der Waals surface area contributed by atoms with Gasteiger partial charge >= 0.3 is 5.97 Å². The Bertz CT molecular complexity index is 550. The van der Waals surface area contributed by atoms with Gasteiger partial charge in [-0.05, 0) is 32.3 Å². The molecule has 3 atom stereocenters. The zero-order valence-corrected chi connectivity index (χ0v) is 11.2. The molecule has 6 heteroatoms. The van der Waals surface area contributed by atoms with Crippen molar-refractivity contribution in [2.45, 2.75) is 44.9 Å². The maximum atomic E-state index is 12.1. The Morgan fingerprint density at radius 3 is 2.80 bits per heavy atom. The van der Waals surface area contributed by atoms with Crippen molar-refractivity contribution in [1.82, 2.24) is 5.32 Å². The molecule has 0 aromatic carbocycles. The van der Waals surface area contributed by atoms with Gasteiger partial charge in [-0.25, -0.2) is 4.79 Å². The molecular weight excluding hydrogens is 262 g/mol. The molecular formula is C14H17NO5. The number of fused-ring (bicyclic) bond motifs is 2. The fourth-order valence-electron chi connectivity index (χ4n) is 3.06. The van der Waals surface area contributed by atoms with E-state index in [9.17, 15) is 9.59 Å². The topological polar surface area (TPSA) is 88.8 Å².